The van der Waals surface area contributed by atoms with Gasteiger partial charge in [0.1, 0.15) is 18.4 Å². The molecule has 26 heavy (non-hydrogen) atoms. The molecule has 0 saturated heterocycles. The summed E-state index contributed by atoms with van der Waals surface area (Å²) in [7, 11) is 0. The van der Waals surface area contributed by atoms with Crippen LogP contribution in [0.25, 0.3) is 11.3 Å². The summed E-state index contributed by atoms with van der Waals surface area (Å²) in [4.78, 5) is 15.6. The van der Waals surface area contributed by atoms with Crippen LogP contribution in [-0.4, -0.2) is 17.4 Å². The van der Waals surface area contributed by atoms with Crippen molar-refractivity contribution in [3.05, 3.63) is 46.6 Å². The van der Waals surface area contributed by atoms with Crippen molar-refractivity contribution in [1.29, 1.82) is 5.26 Å². The molecule has 0 aliphatic heterocycles. The average Bonchev–Trinajstić information content (AvgIpc) is 3.43. The van der Waals surface area contributed by atoms with E-state index in [-0.39, 0.29) is 40.3 Å². The first kappa shape index (κ1) is 18.2. The van der Waals surface area contributed by atoms with Gasteiger partial charge in [0, 0.05) is 17.7 Å². The second kappa shape index (κ2) is 6.96. The van der Waals surface area contributed by atoms with Crippen LogP contribution in [-0.2, 0) is 11.0 Å². The monoisotopic (exact) mass is 380 g/mol. The molecule has 0 amide bonds. The minimum Gasteiger partial charge on any atom is -0.484 e. The molecule has 1 aromatic heterocycles. The standard InChI is InChI=1S/C18H12ClF3N2O2/c19-14-6-13(18(20,21)22)8-24-17(14)11-3-4-12(7-23)16(5-11)26-9-15(25)10-1-2-10/h3-6,8,10H,1-2,9H2. The number of halogens is 4. The summed E-state index contributed by atoms with van der Waals surface area (Å²) in [6, 6.07) is 7.14. The summed E-state index contributed by atoms with van der Waals surface area (Å²) >= 11 is 5.95. The highest BCUT2D eigenvalue weighted by molar-refractivity contribution is 6.33. The normalized spacial score (nSPS) is 14.0. The van der Waals surface area contributed by atoms with Crippen LogP contribution in [0.15, 0.2) is 30.5 Å². The summed E-state index contributed by atoms with van der Waals surface area (Å²) in [5.41, 5.74) is -0.231. The van der Waals surface area contributed by atoms with E-state index in [1.54, 1.807) is 0 Å². The van der Waals surface area contributed by atoms with Crippen molar-refractivity contribution >= 4 is 17.4 Å². The van der Waals surface area contributed by atoms with Crippen LogP contribution in [0.5, 0.6) is 5.75 Å². The Morgan fingerprint density at radius 2 is 2.08 bits per heavy atom. The second-order valence-electron chi connectivity index (χ2n) is 5.90. The molecule has 8 heteroatoms. The number of benzene rings is 1. The summed E-state index contributed by atoms with van der Waals surface area (Å²) < 4.78 is 43.6. The van der Waals surface area contributed by atoms with Gasteiger partial charge >= 0.3 is 6.18 Å². The summed E-state index contributed by atoms with van der Waals surface area (Å²) in [5, 5.41) is 8.99. The SMILES string of the molecule is N#Cc1ccc(-c2ncc(C(F)(F)F)cc2Cl)cc1OCC(=O)C1CC1. The maximum Gasteiger partial charge on any atom is 0.417 e. The van der Waals surface area contributed by atoms with Crippen molar-refractivity contribution in [2.45, 2.75) is 19.0 Å². The molecular formula is C18H12ClF3N2O2. The van der Waals surface area contributed by atoms with E-state index in [0.29, 0.717) is 11.8 Å². The lowest BCUT2D eigenvalue weighted by Crippen LogP contribution is -2.13. The van der Waals surface area contributed by atoms with Gasteiger partial charge in [0.05, 0.1) is 21.8 Å². The van der Waals surface area contributed by atoms with E-state index in [1.165, 1.54) is 18.2 Å². The summed E-state index contributed by atoms with van der Waals surface area (Å²) in [6.07, 6.45) is -2.16. The van der Waals surface area contributed by atoms with Crippen molar-refractivity contribution in [3.8, 4) is 23.1 Å². The molecule has 1 aliphatic carbocycles. The van der Waals surface area contributed by atoms with Crippen LogP contribution in [0, 0.1) is 17.2 Å². The van der Waals surface area contributed by atoms with Crippen LogP contribution in [0.4, 0.5) is 13.2 Å². The number of nitriles is 1. The number of carbonyl (C=O) groups excluding carboxylic acids is 1. The van der Waals surface area contributed by atoms with Crippen molar-refractivity contribution in [2.24, 2.45) is 5.92 Å². The molecule has 0 radical (unpaired) electrons. The summed E-state index contributed by atoms with van der Waals surface area (Å²) in [5.74, 6) is 0.150. The third-order valence-electron chi connectivity index (χ3n) is 3.95. The lowest BCUT2D eigenvalue weighted by molar-refractivity contribution is -0.137. The topological polar surface area (TPSA) is 63.0 Å². The quantitative estimate of drug-likeness (QED) is 0.757. The number of aromatic nitrogens is 1. The van der Waals surface area contributed by atoms with E-state index in [9.17, 15) is 18.0 Å². The average molecular weight is 381 g/mol. The molecule has 1 heterocycles. The fraction of sp³-hybridized carbons (Fsp3) is 0.278. The van der Waals surface area contributed by atoms with E-state index in [4.69, 9.17) is 21.6 Å². The Bertz CT molecular complexity index is 902. The number of nitrogens with zero attached hydrogens (tertiary/aromatic N) is 2. The van der Waals surface area contributed by atoms with Crippen molar-refractivity contribution in [1.82, 2.24) is 4.98 Å². The smallest absolute Gasteiger partial charge is 0.417 e. The van der Waals surface area contributed by atoms with Gasteiger partial charge in [0.25, 0.3) is 0 Å². The molecule has 0 spiro atoms. The largest absolute Gasteiger partial charge is 0.484 e. The lowest BCUT2D eigenvalue weighted by Gasteiger charge is -2.11. The molecule has 134 valence electrons. The first-order valence-electron chi connectivity index (χ1n) is 7.72. The molecule has 2 aromatic rings. The number of hydrogen-bond acceptors (Lipinski definition) is 4. The highest BCUT2D eigenvalue weighted by atomic mass is 35.5. The third kappa shape index (κ3) is 3.97. The number of hydrogen-bond donors (Lipinski definition) is 0. The molecule has 1 saturated carbocycles. The fourth-order valence-electron chi connectivity index (χ4n) is 2.36. The van der Waals surface area contributed by atoms with E-state index in [1.807, 2.05) is 6.07 Å². The van der Waals surface area contributed by atoms with Gasteiger partial charge in [-0.3, -0.25) is 9.78 Å². The maximum absolute atomic E-state index is 12.7. The number of ether oxygens (including phenoxy) is 1. The predicted octanol–water partition coefficient (Wildman–Crippen LogP) is 4.65. The number of rotatable bonds is 5. The van der Waals surface area contributed by atoms with Gasteiger partial charge in [-0.1, -0.05) is 17.7 Å². The maximum atomic E-state index is 12.7. The Balaban J connectivity index is 1.89. The molecule has 1 aliphatic rings. The van der Waals surface area contributed by atoms with Crippen LogP contribution in [0.3, 0.4) is 0 Å². The van der Waals surface area contributed by atoms with Gasteiger partial charge in [0.2, 0.25) is 0 Å². The van der Waals surface area contributed by atoms with E-state index >= 15 is 0 Å². The molecule has 0 atom stereocenters. The van der Waals surface area contributed by atoms with Gasteiger partial charge in [-0.05, 0) is 31.0 Å². The molecule has 1 aromatic carbocycles. The Hall–Kier alpha value is -2.59. The first-order chi connectivity index (χ1) is 12.3. The zero-order valence-electron chi connectivity index (χ0n) is 13.3. The number of carbonyl (C=O) groups is 1. The Morgan fingerprint density at radius 1 is 1.35 bits per heavy atom. The minimum atomic E-state index is -4.54. The number of ketones is 1. The van der Waals surface area contributed by atoms with Crippen molar-refractivity contribution in [3.63, 3.8) is 0 Å². The van der Waals surface area contributed by atoms with Gasteiger partial charge in [0.15, 0.2) is 5.78 Å². The van der Waals surface area contributed by atoms with Gasteiger partial charge < -0.3 is 4.74 Å². The van der Waals surface area contributed by atoms with Crippen LogP contribution >= 0.6 is 11.6 Å². The Labute approximate surface area is 152 Å². The zero-order valence-corrected chi connectivity index (χ0v) is 14.1. The Kier molecular flexibility index (Phi) is 4.88. The molecule has 1 fully saturated rings. The molecule has 0 unspecified atom stereocenters. The highest BCUT2D eigenvalue weighted by Crippen LogP contribution is 2.35. The molecular weight excluding hydrogens is 369 g/mol. The summed E-state index contributed by atoms with van der Waals surface area (Å²) in [6.45, 7) is -0.156. The lowest BCUT2D eigenvalue weighted by atomic mass is 10.1. The predicted molar refractivity (Wildman–Crippen MR) is 87.6 cm³/mol. The highest BCUT2D eigenvalue weighted by Gasteiger charge is 2.32. The molecule has 3 rings (SSSR count). The van der Waals surface area contributed by atoms with Gasteiger partial charge in [-0.15, -0.1) is 0 Å². The molecule has 0 N–H and O–H groups in total. The second-order valence-corrected chi connectivity index (χ2v) is 6.31. The van der Waals surface area contributed by atoms with Gasteiger partial charge in [-0.2, -0.15) is 18.4 Å². The van der Waals surface area contributed by atoms with Crippen LogP contribution in [0.1, 0.15) is 24.0 Å². The number of pyridine rings is 1. The first-order valence-corrected chi connectivity index (χ1v) is 8.10. The van der Waals surface area contributed by atoms with Crippen LogP contribution in [0.2, 0.25) is 5.02 Å². The van der Waals surface area contributed by atoms with Crippen LogP contribution < -0.4 is 4.74 Å². The number of alkyl halides is 3. The van der Waals surface area contributed by atoms with E-state index in [0.717, 1.165) is 18.9 Å². The zero-order chi connectivity index (χ0) is 18.9. The van der Waals surface area contributed by atoms with Crippen molar-refractivity contribution in [2.75, 3.05) is 6.61 Å². The Morgan fingerprint density at radius 3 is 2.65 bits per heavy atom. The number of Topliss-reactive ketones (excluding diaryl/α,β-unsaturated/α-hetero) is 1. The van der Waals surface area contributed by atoms with E-state index < -0.39 is 11.7 Å². The molecule has 4 nitrogen and oxygen atoms in total. The third-order valence-corrected chi connectivity index (χ3v) is 4.23. The van der Waals surface area contributed by atoms with Crippen molar-refractivity contribution < 1.29 is 22.7 Å². The van der Waals surface area contributed by atoms with E-state index in [2.05, 4.69) is 4.98 Å². The fourth-order valence-corrected chi connectivity index (χ4v) is 2.63. The van der Waals surface area contributed by atoms with Gasteiger partial charge in [-0.25, -0.2) is 0 Å². The minimum absolute atomic E-state index is 0.0229. The molecule has 0 bridgehead atoms.